The molecule has 2 fully saturated rings. The van der Waals surface area contributed by atoms with Gasteiger partial charge in [0.25, 0.3) is 0 Å². The van der Waals surface area contributed by atoms with Crippen LogP contribution in [0.5, 0.6) is 0 Å². The van der Waals surface area contributed by atoms with Gasteiger partial charge < -0.3 is 9.84 Å². The van der Waals surface area contributed by atoms with Gasteiger partial charge in [-0.3, -0.25) is 0 Å². The summed E-state index contributed by atoms with van der Waals surface area (Å²) in [5.74, 6) is 0. The predicted molar refractivity (Wildman–Crippen MR) is 42.3 cm³/mol. The summed E-state index contributed by atoms with van der Waals surface area (Å²) in [6.07, 6.45) is 1.87. The Morgan fingerprint density at radius 1 is 1.36 bits per heavy atom. The lowest BCUT2D eigenvalue weighted by atomic mass is 9.71. The van der Waals surface area contributed by atoms with E-state index in [-0.39, 0.29) is 23.2 Å². The lowest BCUT2D eigenvalue weighted by molar-refractivity contribution is 0.0705. The van der Waals surface area contributed by atoms with Crippen LogP contribution in [0, 0.1) is 5.41 Å². The normalized spacial score (nSPS) is 53.5. The topological polar surface area (TPSA) is 32.8 Å². The molecule has 0 aromatic carbocycles. The third-order valence-electron chi connectivity index (χ3n) is 2.88. The fraction of sp³-hybridized carbons (Fsp3) is 1.00. The van der Waals surface area contributed by atoms with Gasteiger partial charge in [0.15, 0.2) is 0 Å². The minimum Gasteiger partial charge on any atom is -0.390 e. The van der Waals surface area contributed by atoms with Gasteiger partial charge in [-0.2, -0.15) is 0 Å². The molecule has 1 aliphatic carbocycles. The Morgan fingerprint density at radius 3 is 2.55 bits per heavy atom. The fourth-order valence-corrected chi connectivity index (χ4v) is 2.58. The van der Waals surface area contributed by atoms with Crippen LogP contribution < -0.4 is 0 Å². The summed E-state index contributed by atoms with van der Waals surface area (Å²) in [6, 6.07) is 0. The molecule has 2 nitrogen and oxygen atoms in total. The number of ether oxygens (including phenoxy) is 1. The zero-order chi connectivity index (χ0) is 8.28. The molecule has 1 saturated carbocycles. The first-order valence-electron chi connectivity index (χ1n) is 4.29. The molecule has 3 unspecified atom stereocenters. The maximum atomic E-state index is 9.60. The number of rotatable bonds is 0. The minimum atomic E-state index is -0.233. The van der Waals surface area contributed by atoms with E-state index in [0.717, 1.165) is 12.8 Å². The number of epoxide rings is 1. The van der Waals surface area contributed by atoms with Gasteiger partial charge in [0.1, 0.15) is 6.10 Å². The monoisotopic (exact) mass is 156 g/mol. The molecule has 0 amide bonds. The Balaban J connectivity index is 2.15. The maximum absolute atomic E-state index is 9.60. The summed E-state index contributed by atoms with van der Waals surface area (Å²) < 4.78 is 5.46. The first-order valence-corrected chi connectivity index (χ1v) is 4.29. The molecule has 0 aromatic heterocycles. The van der Waals surface area contributed by atoms with Crippen molar-refractivity contribution in [3.8, 4) is 0 Å². The summed E-state index contributed by atoms with van der Waals surface area (Å²) >= 11 is 0. The highest BCUT2D eigenvalue weighted by Crippen LogP contribution is 2.53. The van der Waals surface area contributed by atoms with Crippen LogP contribution in [0.4, 0.5) is 0 Å². The minimum absolute atomic E-state index is 0.00116. The predicted octanol–water partition coefficient (Wildman–Crippen LogP) is 1.32. The Bertz CT molecular complexity index is 185. The summed E-state index contributed by atoms with van der Waals surface area (Å²) in [6.45, 7) is 6.49. The van der Waals surface area contributed by atoms with Gasteiger partial charge in [0, 0.05) is 0 Å². The van der Waals surface area contributed by atoms with E-state index >= 15 is 0 Å². The molecule has 0 bridgehead atoms. The van der Waals surface area contributed by atoms with Crippen molar-refractivity contribution in [1.29, 1.82) is 0 Å². The van der Waals surface area contributed by atoms with Crippen molar-refractivity contribution in [2.24, 2.45) is 5.41 Å². The van der Waals surface area contributed by atoms with Gasteiger partial charge in [-0.25, -0.2) is 0 Å². The van der Waals surface area contributed by atoms with Gasteiger partial charge in [0.05, 0.1) is 11.7 Å². The second-order valence-electron chi connectivity index (χ2n) is 4.96. The molecule has 2 rings (SSSR count). The van der Waals surface area contributed by atoms with Crippen LogP contribution in [0.15, 0.2) is 0 Å². The Hall–Kier alpha value is -0.0800. The second kappa shape index (κ2) is 1.80. The van der Waals surface area contributed by atoms with Gasteiger partial charge in [0.2, 0.25) is 0 Å². The van der Waals surface area contributed by atoms with Crippen LogP contribution in [-0.2, 0) is 4.74 Å². The van der Waals surface area contributed by atoms with Gasteiger partial charge in [-0.1, -0.05) is 13.8 Å². The molecule has 1 aliphatic heterocycles. The average molecular weight is 156 g/mol. The quantitative estimate of drug-likeness (QED) is 0.537. The zero-order valence-corrected chi connectivity index (χ0v) is 7.42. The highest BCUT2D eigenvalue weighted by atomic mass is 16.6. The van der Waals surface area contributed by atoms with Crippen LogP contribution in [0.25, 0.3) is 0 Å². The lowest BCUT2D eigenvalue weighted by Gasteiger charge is -2.33. The SMILES string of the molecule is CC1(C)CC(O)C2OC2(C)C1. The van der Waals surface area contributed by atoms with E-state index < -0.39 is 0 Å². The summed E-state index contributed by atoms with van der Waals surface area (Å²) in [4.78, 5) is 0. The number of fused-ring (bicyclic) bond motifs is 1. The molecule has 64 valence electrons. The van der Waals surface area contributed by atoms with Crippen LogP contribution in [0.1, 0.15) is 33.6 Å². The van der Waals surface area contributed by atoms with Crippen molar-refractivity contribution in [2.45, 2.75) is 51.4 Å². The Morgan fingerprint density at radius 2 is 2.00 bits per heavy atom. The van der Waals surface area contributed by atoms with Crippen molar-refractivity contribution >= 4 is 0 Å². The number of hydrogen-bond donors (Lipinski definition) is 1. The van der Waals surface area contributed by atoms with E-state index in [4.69, 9.17) is 4.74 Å². The highest BCUT2D eigenvalue weighted by molar-refractivity contribution is 5.10. The number of hydrogen-bond acceptors (Lipinski definition) is 2. The van der Waals surface area contributed by atoms with Crippen LogP contribution in [-0.4, -0.2) is 22.9 Å². The molecule has 0 spiro atoms. The summed E-state index contributed by atoms with van der Waals surface area (Å²) in [5.41, 5.74) is 0.252. The standard InChI is InChI=1S/C9H16O2/c1-8(2)4-6(10)7-9(3,5-8)11-7/h6-7,10H,4-5H2,1-3H3. The molecule has 2 heteroatoms. The molecular formula is C9H16O2. The fourth-order valence-electron chi connectivity index (χ4n) is 2.58. The van der Waals surface area contributed by atoms with E-state index in [2.05, 4.69) is 20.8 Å². The van der Waals surface area contributed by atoms with Crippen molar-refractivity contribution in [3.63, 3.8) is 0 Å². The molecule has 2 aliphatic rings. The third-order valence-corrected chi connectivity index (χ3v) is 2.88. The Labute approximate surface area is 67.6 Å². The first kappa shape index (κ1) is 7.56. The smallest absolute Gasteiger partial charge is 0.113 e. The van der Waals surface area contributed by atoms with Crippen molar-refractivity contribution in [3.05, 3.63) is 0 Å². The molecule has 1 heterocycles. The summed E-state index contributed by atoms with van der Waals surface area (Å²) in [5, 5.41) is 9.60. The lowest BCUT2D eigenvalue weighted by Crippen LogP contribution is -2.37. The van der Waals surface area contributed by atoms with Gasteiger partial charge in [-0.05, 0) is 25.2 Å². The summed E-state index contributed by atoms with van der Waals surface area (Å²) in [7, 11) is 0. The van der Waals surface area contributed by atoms with Crippen molar-refractivity contribution in [2.75, 3.05) is 0 Å². The van der Waals surface area contributed by atoms with Crippen LogP contribution in [0.2, 0.25) is 0 Å². The molecule has 11 heavy (non-hydrogen) atoms. The van der Waals surface area contributed by atoms with E-state index in [1.807, 2.05) is 0 Å². The highest BCUT2D eigenvalue weighted by Gasteiger charge is 2.61. The van der Waals surface area contributed by atoms with E-state index in [9.17, 15) is 5.11 Å². The average Bonchev–Trinajstić information content (AvgIpc) is 2.36. The molecule has 1 saturated heterocycles. The van der Waals surface area contributed by atoms with Gasteiger partial charge >= 0.3 is 0 Å². The van der Waals surface area contributed by atoms with E-state index in [0.29, 0.717) is 0 Å². The van der Waals surface area contributed by atoms with Gasteiger partial charge in [-0.15, -0.1) is 0 Å². The number of aliphatic hydroxyl groups excluding tert-OH is 1. The molecular weight excluding hydrogens is 140 g/mol. The molecule has 3 atom stereocenters. The van der Waals surface area contributed by atoms with E-state index in [1.165, 1.54) is 0 Å². The second-order valence-corrected chi connectivity index (χ2v) is 4.96. The maximum Gasteiger partial charge on any atom is 0.113 e. The van der Waals surface area contributed by atoms with Crippen LogP contribution in [0.3, 0.4) is 0 Å². The third kappa shape index (κ3) is 1.09. The van der Waals surface area contributed by atoms with Crippen molar-refractivity contribution < 1.29 is 9.84 Å². The van der Waals surface area contributed by atoms with Crippen LogP contribution >= 0.6 is 0 Å². The molecule has 0 radical (unpaired) electrons. The zero-order valence-electron chi connectivity index (χ0n) is 7.42. The number of aliphatic hydroxyl groups is 1. The largest absolute Gasteiger partial charge is 0.390 e. The Kier molecular flexibility index (Phi) is 1.24. The first-order chi connectivity index (χ1) is 4.93. The van der Waals surface area contributed by atoms with Crippen molar-refractivity contribution in [1.82, 2.24) is 0 Å². The molecule has 0 aromatic rings. The molecule has 1 N–H and O–H groups in total. The van der Waals surface area contributed by atoms with E-state index in [1.54, 1.807) is 0 Å².